The van der Waals surface area contributed by atoms with Gasteiger partial charge in [0.05, 0.1) is 23.3 Å². The number of hydrogen-bond donors (Lipinski definition) is 1. The van der Waals surface area contributed by atoms with Gasteiger partial charge in [0.25, 0.3) is 15.9 Å². The summed E-state index contributed by atoms with van der Waals surface area (Å²) in [6, 6.07) is 11.6. The van der Waals surface area contributed by atoms with Crippen LogP contribution in [-0.2, 0) is 16.4 Å². The van der Waals surface area contributed by atoms with E-state index >= 15 is 0 Å². The molecule has 0 saturated carbocycles. The molecule has 132 valence electrons. The van der Waals surface area contributed by atoms with Crippen LogP contribution >= 0.6 is 0 Å². The smallest absolute Gasteiger partial charge is 0.264 e. The molecule has 1 atom stereocenters. The van der Waals surface area contributed by atoms with Gasteiger partial charge in [-0.2, -0.15) is 0 Å². The lowest BCUT2D eigenvalue weighted by Crippen LogP contribution is -2.35. The highest BCUT2D eigenvalue weighted by atomic mass is 32.2. The van der Waals surface area contributed by atoms with Gasteiger partial charge in [-0.05, 0) is 43.2 Å². The maximum absolute atomic E-state index is 13.2. The van der Waals surface area contributed by atoms with E-state index in [1.165, 1.54) is 36.7 Å². The largest absolute Gasteiger partial charge is 0.496 e. The average Bonchev–Trinajstić information content (AvgIpc) is 2.96. The van der Waals surface area contributed by atoms with E-state index in [1.807, 2.05) is 25.1 Å². The zero-order chi connectivity index (χ0) is 18.2. The topological polar surface area (TPSA) is 75.7 Å². The first kappa shape index (κ1) is 17.3. The molecular formula is C18H20N2O4S. The number of fused-ring (bicyclic) bond motifs is 1. The van der Waals surface area contributed by atoms with Crippen molar-refractivity contribution in [3.05, 3.63) is 53.6 Å². The summed E-state index contributed by atoms with van der Waals surface area (Å²) in [5.74, 6) is -0.0723. The summed E-state index contributed by atoms with van der Waals surface area (Å²) in [7, 11) is -0.866. The summed E-state index contributed by atoms with van der Waals surface area (Å²) in [5.41, 5.74) is 1.87. The third-order valence-corrected chi connectivity index (χ3v) is 6.27. The minimum Gasteiger partial charge on any atom is -0.496 e. The average molecular weight is 360 g/mol. The third-order valence-electron chi connectivity index (χ3n) is 4.34. The normalized spacial score (nSPS) is 16.4. The highest BCUT2D eigenvalue weighted by molar-refractivity contribution is 7.92. The highest BCUT2D eigenvalue weighted by Gasteiger charge is 2.36. The SMILES string of the molecule is CNC(=O)c1cc(S(=O)(=O)N2c3ccccc3C[C@H]2C)ccc1OC. The molecule has 1 amide bonds. The number of sulfonamides is 1. The number of nitrogens with zero attached hydrogens (tertiary/aromatic N) is 1. The lowest BCUT2D eigenvalue weighted by atomic mass is 10.1. The number of carbonyl (C=O) groups excluding carboxylic acids is 1. The van der Waals surface area contributed by atoms with Crippen molar-refractivity contribution in [1.82, 2.24) is 5.32 Å². The van der Waals surface area contributed by atoms with Gasteiger partial charge >= 0.3 is 0 Å². The summed E-state index contributed by atoms with van der Waals surface area (Å²) in [5, 5.41) is 2.50. The molecule has 0 unspecified atom stereocenters. The monoisotopic (exact) mass is 360 g/mol. The second-order valence-electron chi connectivity index (χ2n) is 5.92. The van der Waals surface area contributed by atoms with Crippen molar-refractivity contribution in [1.29, 1.82) is 0 Å². The Balaban J connectivity index is 2.11. The van der Waals surface area contributed by atoms with Crippen LogP contribution in [0.1, 0.15) is 22.8 Å². The van der Waals surface area contributed by atoms with E-state index in [1.54, 1.807) is 6.07 Å². The Morgan fingerprint density at radius 1 is 1.24 bits per heavy atom. The molecule has 1 aliphatic rings. The van der Waals surface area contributed by atoms with Crippen molar-refractivity contribution >= 4 is 21.6 Å². The first-order chi connectivity index (χ1) is 11.9. The molecule has 1 N–H and O–H groups in total. The Kier molecular flexibility index (Phi) is 4.43. The second kappa shape index (κ2) is 6.40. The van der Waals surface area contributed by atoms with Gasteiger partial charge in [0.1, 0.15) is 5.75 Å². The maximum atomic E-state index is 13.2. The van der Waals surface area contributed by atoms with E-state index in [-0.39, 0.29) is 16.5 Å². The number of hydrogen-bond acceptors (Lipinski definition) is 4. The number of nitrogens with one attached hydrogen (secondary N) is 1. The van der Waals surface area contributed by atoms with Crippen LogP contribution in [0.3, 0.4) is 0 Å². The number of methoxy groups -OCH3 is 1. The molecule has 0 aromatic heterocycles. The number of ether oxygens (including phenoxy) is 1. The molecule has 7 heteroatoms. The lowest BCUT2D eigenvalue weighted by Gasteiger charge is -2.25. The first-order valence-corrected chi connectivity index (χ1v) is 9.36. The van der Waals surface area contributed by atoms with Crippen molar-refractivity contribution in [2.45, 2.75) is 24.3 Å². The predicted octanol–water partition coefficient (Wildman–Crippen LogP) is 2.19. The van der Waals surface area contributed by atoms with E-state index in [0.717, 1.165) is 5.56 Å². The van der Waals surface area contributed by atoms with Gasteiger partial charge in [-0.25, -0.2) is 8.42 Å². The van der Waals surface area contributed by atoms with Crippen LogP contribution in [0.4, 0.5) is 5.69 Å². The van der Waals surface area contributed by atoms with Gasteiger partial charge in [-0.3, -0.25) is 9.10 Å². The molecule has 0 spiro atoms. The van der Waals surface area contributed by atoms with Crippen LogP contribution in [-0.4, -0.2) is 34.5 Å². The number of carbonyl (C=O) groups is 1. The summed E-state index contributed by atoms with van der Waals surface area (Å²) < 4.78 is 33.0. The summed E-state index contributed by atoms with van der Waals surface area (Å²) in [4.78, 5) is 12.1. The van der Waals surface area contributed by atoms with Gasteiger partial charge in [-0.1, -0.05) is 18.2 Å². The Morgan fingerprint density at radius 2 is 1.96 bits per heavy atom. The standard InChI is InChI=1S/C18H20N2O4S/c1-12-10-13-6-4-5-7-16(13)20(12)25(22,23)14-8-9-17(24-3)15(11-14)18(21)19-2/h4-9,11-12H,10H2,1-3H3,(H,19,21)/t12-/m1/s1. The van der Waals surface area contributed by atoms with Crippen molar-refractivity contribution in [2.75, 3.05) is 18.5 Å². The molecule has 0 saturated heterocycles. The molecule has 6 nitrogen and oxygen atoms in total. The molecule has 1 heterocycles. The van der Waals surface area contributed by atoms with Gasteiger partial charge < -0.3 is 10.1 Å². The summed E-state index contributed by atoms with van der Waals surface area (Å²) >= 11 is 0. The molecule has 0 bridgehead atoms. The van der Waals surface area contributed by atoms with Crippen molar-refractivity contribution in [3.63, 3.8) is 0 Å². The second-order valence-corrected chi connectivity index (χ2v) is 7.74. The van der Waals surface area contributed by atoms with Crippen LogP contribution in [0.2, 0.25) is 0 Å². The summed E-state index contributed by atoms with van der Waals surface area (Å²) in [6.45, 7) is 1.88. The van der Waals surface area contributed by atoms with Crippen molar-refractivity contribution < 1.29 is 17.9 Å². The fourth-order valence-corrected chi connectivity index (χ4v) is 4.90. The lowest BCUT2D eigenvalue weighted by molar-refractivity contribution is 0.0960. The quantitative estimate of drug-likeness (QED) is 0.907. The Bertz CT molecular complexity index is 924. The zero-order valence-corrected chi connectivity index (χ0v) is 15.1. The van der Waals surface area contributed by atoms with E-state index in [0.29, 0.717) is 17.9 Å². The van der Waals surface area contributed by atoms with E-state index < -0.39 is 15.9 Å². The van der Waals surface area contributed by atoms with Crippen molar-refractivity contribution in [2.24, 2.45) is 0 Å². The fourth-order valence-electron chi connectivity index (χ4n) is 3.18. The molecule has 0 fully saturated rings. The van der Waals surface area contributed by atoms with Crippen LogP contribution in [0.5, 0.6) is 5.75 Å². The van der Waals surface area contributed by atoms with Gasteiger partial charge in [0, 0.05) is 13.1 Å². The molecule has 2 aromatic rings. The Labute approximate surface area is 147 Å². The predicted molar refractivity (Wildman–Crippen MR) is 95.7 cm³/mol. The van der Waals surface area contributed by atoms with E-state index in [2.05, 4.69) is 5.32 Å². The molecule has 3 rings (SSSR count). The minimum absolute atomic E-state index is 0.0652. The van der Waals surface area contributed by atoms with Crippen LogP contribution in [0.15, 0.2) is 47.4 Å². The number of rotatable bonds is 4. The maximum Gasteiger partial charge on any atom is 0.264 e. The molecule has 1 aliphatic heterocycles. The van der Waals surface area contributed by atoms with Gasteiger partial charge in [-0.15, -0.1) is 0 Å². The molecule has 25 heavy (non-hydrogen) atoms. The van der Waals surface area contributed by atoms with E-state index in [4.69, 9.17) is 4.74 Å². The van der Waals surface area contributed by atoms with Gasteiger partial charge in [0.2, 0.25) is 0 Å². The van der Waals surface area contributed by atoms with Crippen LogP contribution in [0, 0.1) is 0 Å². The van der Waals surface area contributed by atoms with Crippen LogP contribution in [0.25, 0.3) is 0 Å². The molecule has 0 aliphatic carbocycles. The fraction of sp³-hybridized carbons (Fsp3) is 0.278. The van der Waals surface area contributed by atoms with E-state index in [9.17, 15) is 13.2 Å². The molecule has 2 aromatic carbocycles. The first-order valence-electron chi connectivity index (χ1n) is 7.92. The number of para-hydroxylation sites is 1. The van der Waals surface area contributed by atoms with Gasteiger partial charge in [0.15, 0.2) is 0 Å². The highest BCUT2D eigenvalue weighted by Crippen LogP contribution is 2.37. The number of amides is 1. The van der Waals surface area contributed by atoms with Crippen LogP contribution < -0.4 is 14.4 Å². The van der Waals surface area contributed by atoms with Crippen molar-refractivity contribution in [3.8, 4) is 5.75 Å². The number of benzene rings is 2. The summed E-state index contributed by atoms with van der Waals surface area (Å²) in [6.07, 6.45) is 0.661. The Hall–Kier alpha value is -2.54. The third kappa shape index (κ3) is 2.84. The molecule has 0 radical (unpaired) electrons. The number of anilines is 1. The molecular weight excluding hydrogens is 340 g/mol. The minimum atomic E-state index is -3.79. The Morgan fingerprint density at radius 3 is 2.64 bits per heavy atom. The zero-order valence-electron chi connectivity index (χ0n) is 14.3.